The Labute approximate surface area is 149 Å². The number of nitrogens with zero attached hydrogens (tertiary/aromatic N) is 1. The zero-order valence-electron chi connectivity index (χ0n) is 15.1. The Balaban J connectivity index is 1.65. The molecule has 8 nitrogen and oxygen atoms in total. The third-order valence-electron chi connectivity index (χ3n) is 5.19. The maximum absolute atomic E-state index is 14.5. The van der Waals surface area contributed by atoms with Gasteiger partial charge in [-0.25, -0.2) is 28.0 Å². The van der Waals surface area contributed by atoms with E-state index in [0.717, 1.165) is 6.54 Å². The van der Waals surface area contributed by atoms with Gasteiger partial charge in [-0.2, -0.15) is 0 Å². The van der Waals surface area contributed by atoms with E-state index in [4.69, 9.17) is 5.73 Å². The minimum atomic E-state index is -3.42. The molecule has 146 valence electrons. The quantitative estimate of drug-likeness (QED) is 0.429. The summed E-state index contributed by atoms with van der Waals surface area (Å²) in [6.45, 7) is 7.33. The lowest BCUT2D eigenvalue weighted by atomic mass is 9.80. The molecule has 0 saturated carbocycles. The average molecular weight is 379 g/mol. The highest BCUT2D eigenvalue weighted by molar-refractivity contribution is 7.90. The summed E-state index contributed by atoms with van der Waals surface area (Å²) in [5.41, 5.74) is 8.32. The predicted molar refractivity (Wildman–Crippen MR) is 94.3 cm³/mol. The van der Waals surface area contributed by atoms with Crippen LogP contribution in [0.4, 0.5) is 4.39 Å². The van der Waals surface area contributed by atoms with Crippen molar-refractivity contribution in [1.82, 2.24) is 25.8 Å². The van der Waals surface area contributed by atoms with Gasteiger partial charge in [0.05, 0.1) is 5.25 Å². The predicted octanol–water partition coefficient (Wildman–Crippen LogP) is -0.981. The van der Waals surface area contributed by atoms with Gasteiger partial charge in [-0.15, -0.1) is 0 Å². The summed E-state index contributed by atoms with van der Waals surface area (Å²) in [6, 6.07) is 0. The van der Waals surface area contributed by atoms with Crippen LogP contribution in [0.25, 0.3) is 0 Å². The third-order valence-corrected chi connectivity index (χ3v) is 7.32. The molecule has 0 radical (unpaired) electrons. The van der Waals surface area contributed by atoms with Crippen molar-refractivity contribution in [3.8, 4) is 0 Å². The molecule has 3 aliphatic rings. The van der Waals surface area contributed by atoms with Crippen molar-refractivity contribution in [1.29, 1.82) is 0 Å². The average Bonchev–Trinajstić information content (AvgIpc) is 2.86. The smallest absolute Gasteiger partial charge is 0.216 e. The molecule has 6 atom stereocenters. The van der Waals surface area contributed by atoms with Gasteiger partial charge in [0.2, 0.25) is 10.0 Å². The van der Waals surface area contributed by atoms with Gasteiger partial charge in [0.1, 0.15) is 18.6 Å². The summed E-state index contributed by atoms with van der Waals surface area (Å²) >= 11 is 0. The van der Waals surface area contributed by atoms with Gasteiger partial charge in [0.15, 0.2) is 0 Å². The molecule has 3 saturated heterocycles. The van der Waals surface area contributed by atoms with Crippen LogP contribution in [0.5, 0.6) is 0 Å². The fourth-order valence-corrected chi connectivity index (χ4v) is 6.02. The normalized spacial score (nSPS) is 40.8. The van der Waals surface area contributed by atoms with Crippen molar-refractivity contribution in [2.24, 2.45) is 17.6 Å². The second-order valence-corrected chi connectivity index (χ2v) is 10.5. The number of hydrazine groups is 1. The van der Waals surface area contributed by atoms with Crippen molar-refractivity contribution in [2.75, 3.05) is 19.6 Å². The van der Waals surface area contributed by atoms with Crippen LogP contribution in [0, 0.1) is 11.8 Å². The number of halogens is 1. The number of hydrogen-bond acceptors (Lipinski definition) is 7. The third kappa shape index (κ3) is 4.49. The molecule has 6 unspecified atom stereocenters. The van der Waals surface area contributed by atoms with Crippen LogP contribution in [0.2, 0.25) is 0 Å². The van der Waals surface area contributed by atoms with Crippen molar-refractivity contribution >= 4 is 10.0 Å². The van der Waals surface area contributed by atoms with E-state index in [1.54, 1.807) is 0 Å². The van der Waals surface area contributed by atoms with Gasteiger partial charge in [0.25, 0.3) is 0 Å². The maximum Gasteiger partial charge on any atom is 0.216 e. The molecule has 6 N–H and O–H groups in total. The number of nitrogens with one attached hydrogen (secondary N) is 4. The molecular formula is C15H31FN6O2S. The molecular weight excluding hydrogens is 347 g/mol. The first-order valence-electron chi connectivity index (χ1n) is 8.97. The Morgan fingerprint density at radius 2 is 1.92 bits per heavy atom. The highest BCUT2D eigenvalue weighted by atomic mass is 32.2. The van der Waals surface area contributed by atoms with Gasteiger partial charge in [-0.3, -0.25) is 5.32 Å². The first kappa shape index (κ1) is 19.4. The Hall–Kier alpha value is -0.360. The molecule has 0 aromatic heterocycles. The van der Waals surface area contributed by atoms with Crippen molar-refractivity contribution in [3.63, 3.8) is 0 Å². The topological polar surface area (TPSA) is 112 Å². The van der Waals surface area contributed by atoms with Gasteiger partial charge < -0.3 is 11.1 Å². The van der Waals surface area contributed by atoms with Gasteiger partial charge >= 0.3 is 0 Å². The minimum absolute atomic E-state index is 0.0889. The lowest BCUT2D eigenvalue weighted by Gasteiger charge is -2.42. The van der Waals surface area contributed by atoms with Gasteiger partial charge in [0, 0.05) is 18.6 Å². The summed E-state index contributed by atoms with van der Waals surface area (Å²) in [6.07, 6.45) is -0.882. The zero-order valence-corrected chi connectivity index (χ0v) is 15.9. The van der Waals surface area contributed by atoms with Crippen LogP contribution >= 0.6 is 0 Å². The van der Waals surface area contributed by atoms with E-state index in [-0.39, 0.29) is 11.8 Å². The lowest BCUT2D eigenvalue weighted by Crippen LogP contribution is -2.57. The highest BCUT2D eigenvalue weighted by Crippen LogP contribution is 2.33. The maximum atomic E-state index is 14.5. The lowest BCUT2D eigenvalue weighted by molar-refractivity contribution is 0.00328. The molecule has 0 amide bonds. The van der Waals surface area contributed by atoms with Crippen LogP contribution in [0.1, 0.15) is 33.6 Å². The SMILES string of the molecule is CC(C)(C)NS(=O)(=O)C1CNCC(C2CC(F)C3NC(N)NN3C2)C1. The molecule has 0 bridgehead atoms. The molecule has 0 aliphatic carbocycles. The number of hydrogen-bond donors (Lipinski definition) is 5. The van der Waals surface area contributed by atoms with Gasteiger partial charge in [-0.1, -0.05) is 0 Å². The first-order chi connectivity index (χ1) is 11.5. The number of piperidine rings is 2. The second kappa shape index (κ2) is 6.99. The Morgan fingerprint density at radius 1 is 1.20 bits per heavy atom. The largest absolute Gasteiger partial charge is 0.315 e. The summed E-state index contributed by atoms with van der Waals surface area (Å²) in [7, 11) is -3.42. The number of rotatable bonds is 3. The van der Waals surface area contributed by atoms with Crippen LogP contribution in [-0.2, 0) is 10.0 Å². The fraction of sp³-hybridized carbons (Fsp3) is 1.00. The van der Waals surface area contributed by atoms with E-state index < -0.39 is 39.4 Å². The van der Waals surface area contributed by atoms with E-state index in [1.807, 2.05) is 25.8 Å². The summed E-state index contributed by atoms with van der Waals surface area (Å²) in [5.74, 6) is 0.208. The van der Waals surface area contributed by atoms with E-state index in [0.29, 0.717) is 25.9 Å². The minimum Gasteiger partial charge on any atom is -0.315 e. The van der Waals surface area contributed by atoms with E-state index in [2.05, 4.69) is 20.8 Å². The molecule has 3 fully saturated rings. The molecule has 0 spiro atoms. The highest BCUT2D eigenvalue weighted by Gasteiger charge is 2.45. The van der Waals surface area contributed by atoms with Crippen LogP contribution in [-0.4, -0.2) is 62.5 Å². The van der Waals surface area contributed by atoms with E-state index in [9.17, 15) is 12.8 Å². The van der Waals surface area contributed by atoms with Crippen molar-refractivity contribution < 1.29 is 12.8 Å². The number of alkyl halides is 1. The summed E-state index contributed by atoms with van der Waals surface area (Å²) in [5, 5.41) is 7.56. The van der Waals surface area contributed by atoms with E-state index in [1.165, 1.54) is 0 Å². The van der Waals surface area contributed by atoms with E-state index >= 15 is 0 Å². The van der Waals surface area contributed by atoms with Crippen LogP contribution < -0.4 is 26.5 Å². The number of sulfonamides is 1. The van der Waals surface area contributed by atoms with Gasteiger partial charge in [-0.05, 0) is 52.0 Å². The Morgan fingerprint density at radius 3 is 2.60 bits per heavy atom. The molecule has 3 aliphatic heterocycles. The number of fused-ring (bicyclic) bond motifs is 1. The summed E-state index contributed by atoms with van der Waals surface area (Å²) in [4.78, 5) is 0. The Bertz CT molecular complexity index is 583. The van der Waals surface area contributed by atoms with Crippen LogP contribution in [0.15, 0.2) is 0 Å². The zero-order chi connectivity index (χ0) is 18.4. The Kier molecular flexibility index (Phi) is 5.42. The summed E-state index contributed by atoms with van der Waals surface area (Å²) < 4.78 is 42.6. The van der Waals surface area contributed by atoms with Crippen molar-refractivity contribution in [2.45, 2.75) is 63.0 Å². The number of nitrogens with two attached hydrogens (primary N) is 1. The molecule has 3 rings (SSSR count). The first-order valence-corrected chi connectivity index (χ1v) is 10.5. The molecule has 10 heteroatoms. The molecule has 0 aromatic rings. The standard InChI is InChI=1S/C15H31FN6O2S/c1-15(2,3)21-25(23,24)11-4-9(6-18-7-11)10-5-12(16)13-19-14(17)20-22(13)8-10/h9-14,18-21H,4-8,17H2,1-3H3. The fourth-order valence-electron chi connectivity index (χ4n) is 4.16. The second-order valence-electron chi connectivity index (χ2n) is 8.56. The van der Waals surface area contributed by atoms with Crippen molar-refractivity contribution in [3.05, 3.63) is 0 Å². The molecule has 3 heterocycles. The monoisotopic (exact) mass is 378 g/mol. The molecule has 25 heavy (non-hydrogen) atoms. The molecule has 0 aromatic carbocycles. The van der Waals surface area contributed by atoms with Crippen LogP contribution in [0.3, 0.4) is 0 Å².